The van der Waals surface area contributed by atoms with Gasteiger partial charge in [0.25, 0.3) is 0 Å². The van der Waals surface area contributed by atoms with Crippen molar-refractivity contribution in [3.63, 3.8) is 0 Å². The molecule has 0 fully saturated rings. The van der Waals surface area contributed by atoms with E-state index in [2.05, 4.69) is 181 Å². The van der Waals surface area contributed by atoms with Gasteiger partial charge in [-0.2, -0.15) is 0 Å². The van der Waals surface area contributed by atoms with E-state index >= 15 is 17.6 Å². The summed E-state index contributed by atoms with van der Waals surface area (Å²) in [6.07, 6.45) is 3.60. The van der Waals surface area contributed by atoms with Crippen LogP contribution < -0.4 is 19.3 Å². The Kier molecular flexibility index (Phi) is 16.7. The van der Waals surface area contributed by atoms with Crippen molar-refractivity contribution in [3.05, 3.63) is 456 Å². The number of hydrogen-bond acceptors (Lipinski definition) is 5. The van der Waals surface area contributed by atoms with Gasteiger partial charge in [0.05, 0.1) is 10.8 Å². The van der Waals surface area contributed by atoms with Gasteiger partial charge in [0.15, 0.2) is 0 Å². The first-order valence-electron chi connectivity index (χ1n) is 36.8. The van der Waals surface area contributed by atoms with Gasteiger partial charge < -0.3 is 23.7 Å². The van der Waals surface area contributed by atoms with E-state index in [1.165, 1.54) is 48.5 Å². The summed E-state index contributed by atoms with van der Waals surface area (Å²) in [6.45, 7) is 7.79. The lowest BCUT2D eigenvalue weighted by atomic mass is 9.67. The first-order chi connectivity index (χ1) is 54.5. The van der Waals surface area contributed by atoms with Crippen LogP contribution in [-0.4, -0.2) is 0 Å². The zero-order valence-electron chi connectivity index (χ0n) is 59.8. The molecule has 2 unspecified atom stereocenters. The highest BCUT2D eigenvalue weighted by Gasteiger charge is 2.48. The number of benzene rings is 16. The molecular formula is C102H66F4N2O3. The van der Waals surface area contributed by atoms with E-state index in [1.807, 2.05) is 133 Å². The highest BCUT2D eigenvalue weighted by atomic mass is 19.1. The second kappa shape index (κ2) is 27.5. The number of furan rings is 1. The molecule has 5 nitrogen and oxygen atoms in total. The summed E-state index contributed by atoms with van der Waals surface area (Å²) >= 11 is 0. The van der Waals surface area contributed by atoms with Crippen molar-refractivity contribution in [2.45, 2.75) is 10.8 Å². The monoisotopic (exact) mass is 1440 g/mol. The number of hydrogen-bond donors (Lipinski definition) is 0. The van der Waals surface area contributed by atoms with Gasteiger partial charge in [-0.05, 0) is 294 Å². The molecule has 0 amide bonds. The lowest BCUT2D eigenvalue weighted by Gasteiger charge is -2.34. The largest absolute Gasteiger partial charge is 0.457 e. The van der Waals surface area contributed by atoms with Gasteiger partial charge in [0, 0.05) is 44.9 Å². The van der Waals surface area contributed by atoms with Crippen LogP contribution in [0.3, 0.4) is 0 Å². The second-order valence-electron chi connectivity index (χ2n) is 28.1. The van der Waals surface area contributed by atoms with Gasteiger partial charge >= 0.3 is 0 Å². The average molecular weight is 1440 g/mol. The molecule has 16 aromatic carbocycles. The number of fused-ring (bicyclic) bond motifs is 9. The van der Waals surface area contributed by atoms with Crippen LogP contribution in [0.15, 0.2) is 382 Å². The zero-order valence-corrected chi connectivity index (χ0v) is 59.8. The van der Waals surface area contributed by atoms with Crippen molar-refractivity contribution in [1.82, 2.24) is 0 Å². The average Bonchev–Trinajstić information content (AvgIpc) is 1.55. The number of ether oxygens (including phenoxy) is 2. The van der Waals surface area contributed by atoms with Crippen molar-refractivity contribution in [2.75, 3.05) is 9.80 Å². The van der Waals surface area contributed by atoms with Crippen LogP contribution in [0.25, 0.3) is 78.6 Å². The van der Waals surface area contributed by atoms with E-state index in [0.717, 1.165) is 145 Å². The first kappa shape index (κ1) is 67.3. The van der Waals surface area contributed by atoms with Crippen LogP contribution in [0.4, 0.5) is 51.7 Å². The van der Waals surface area contributed by atoms with Gasteiger partial charge in [0.2, 0.25) is 0 Å². The molecule has 0 N–H and O–H groups in total. The number of halogens is 4. The van der Waals surface area contributed by atoms with Gasteiger partial charge in [0.1, 0.15) is 57.4 Å². The topological polar surface area (TPSA) is 38.1 Å². The van der Waals surface area contributed by atoms with E-state index in [0.29, 0.717) is 34.2 Å². The fraction of sp³-hybridized carbons (Fsp3) is 0.0196. The minimum Gasteiger partial charge on any atom is -0.457 e. The van der Waals surface area contributed by atoms with E-state index in [4.69, 9.17) is 13.9 Å². The van der Waals surface area contributed by atoms with Crippen molar-refractivity contribution in [2.24, 2.45) is 0 Å². The van der Waals surface area contributed by atoms with Gasteiger partial charge in [-0.1, -0.05) is 195 Å². The Labute approximate surface area is 640 Å². The quantitative estimate of drug-likeness (QED) is 0.0801. The third kappa shape index (κ3) is 11.7. The van der Waals surface area contributed by atoms with E-state index in [9.17, 15) is 0 Å². The van der Waals surface area contributed by atoms with Crippen LogP contribution >= 0.6 is 0 Å². The maximum Gasteiger partial charge on any atom is 0.135 e. The molecule has 19 rings (SSSR count). The van der Waals surface area contributed by atoms with Gasteiger partial charge in [-0.15, -0.1) is 0 Å². The molecule has 0 radical (unpaired) electrons. The van der Waals surface area contributed by atoms with E-state index in [1.54, 1.807) is 36.4 Å². The smallest absolute Gasteiger partial charge is 0.135 e. The molecule has 0 bridgehead atoms. The number of anilines is 6. The summed E-state index contributed by atoms with van der Waals surface area (Å²) in [6, 6.07) is 118. The Balaban J connectivity index is 0.695. The Hall–Kier alpha value is -14.3. The highest BCUT2D eigenvalue weighted by Crippen LogP contribution is 2.60. The third-order valence-electron chi connectivity index (χ3n) is 21.9. The maximum absolute atomic E-state index is 15.2. The molecule has 111 heavy (non-hydrogen) atoms. The molecule has 2 aliphatic rings. The Bertz CT molecular complexity index is 6070. The van der Waals surface area contributed by atoms with Gasteiger partial charge in [-0.25, -0.2) is 17.6 Å². The molecular weight excluding hydrogens is 1380 g/mol. The molecule has 0 spiro atoms. The molecule has 9 heteroatoms. The van der Waals surface area contributed by atoms with Crippen LogP contribution in [0.1, 0.15) is 55.6 Å². The summed E-state index contributed by atoms with van der Waals surface area (Å²) < 4.78 is 80.0. The normalized spacial score (nSPS) is 14.5. The minimum atomic E-state index is -0.868. The molecule has 2 atom stereocenters. The van der Waals surface area contributed by atoms with Crippen LogP contribution in [0.5, 0.6) is 23.0 Å². The van der Waals surface area contributed by atoms with Crippen molar-refractivity contribution in [3.8, 4) is 67.5 Å². The lowest BCUT2D eigenvalue weighted by Crippen LogP contribution is -2.28. The number of rotatable bonds is 18. The maximum atomic E-state index is 15.2. The summed E-state index contributed by atoms with van der Waals surface area (Å²) in [5.74, 6) is 1.36. The van der Waals surface area contributed by atoms with Crippen LogP contribution in [0, 0.1) is 23.3 Å². The third-order valence-corrected chi connectivity index (χ3v) is 21.9. The molecule has 17 aromatic rings. The van der Waals surface area contributed by atoms with Crippen LogP contribution in [-0.2, 0) is 10.8 Å². The Morgan fingerprint density at radius 3 is 0.937 bits per heavy atom. The standard InChI is InChI=1S/C102H66F4N2O3/c1-3-65-19-47-85(48-20-65)109-87-51-29-73(30-52-87)101(71-25-33-75(103)34-26-71)95-17-7-5-15-89(95)91-55-23-69(61-97(91)101)67-11-9-13-81(59-67)107(79-41-37-77(105)38-42-79)83-45-57-99-93(63-83)94-64-84(46-58-100(94)111-99)108(80-43-39-78(106)40-44-80)82-14-10-12-68(60-82)70-24-56-92-90-16-6-8-18-96(90)102(98(92)62-70,72-27-35-76(104)36-28-72)74-31-53-88(54-32-74)110-86-49-21-66(4-2)22-50-86/h3-64H,1-2H2. The SMILES string of the molecule is C=Cc1ccc(Oc2ccc(C3(c4ccc(F)cc4)c4ccccc4-c4ccc(-c5cccc(N(c6ccc(F)cc6)c6ccc7oc8ccc(N(c9ccc(F)cc9)c9cccc(-c%10ccc%11c(c%10)C(c%10ccc(F)cc%10)(c%10ccc(Oc%12ccc(C=C)cc%12)cc%10)c%10ccccc%10-%11)c9)cc8c7c6)c5)cc43)cc2)cc1. The Morgan fingerprint density at radius 2 is 0.568 bits per heavy atom. The molecule has 0 saturated carbocycles. The van der Waals surface area contributed by atoms with Crippen molar-refractivity contribution >= 4 is 68.2 Å². The van der Waals surface area contributed by atoms with Crippen molar-refractivity contribution < 1.29 is 31.5 Å². The highest BCUT2D eigenvalue weighted by molar-refractivity contribution is 6.08. The van der Waals surface area contributed by atoms with E-state index < -0.39 is 10.8 Å². The lowest BCUT2D eigenvalue weighted by molar-refractivity contribution is 0.482. The second-order valence-corrected chi connectivity index (χ2v) is 28.1. The van der Waals surface area contributed by atoms with Crippen molar-refractivity contribution in [1.29, 1.82) is 0 Å². The molecule has 0 aliphatic heterocycles. The molecule has 1 heterocycles. The van der Waals surface area contributed by atoms with E-state index in [-0.39, 0.29) is 23.3 Å². The minimum absolute atomic E-state index is 0.327. The fourth-order valence-corrected chi connectivity index (χ4v) is 16.8. The predicted molar refractivity (Wildman–Crippen MR) is 442 cm³/mol. The molecule has 1 aromatic heterocycles. The summed E-state index contributed by atoms with van der Waals surface area (Å²) in [4.78, 5) is 4.26. The molecule has 0 saturated heterocycles. The predicted octanol–water partition coefficient (Wildman–Crippen LogP) is 28.0. The Morgan fingerprint density at radius 1 is 0.261 bits per heavy atom. The summed E-state index contributed by atoms with van der Waals surface area (Å²) in [7, 11) is 0. The zero-order chi connectivity index (χ0) is 74.9. The summed E-state index contributed by atoms with van der Waals surface area (Å²) in [5, 5.41) is 1.67. The fourth-order valence-electron chi connectivity index (χ4n) is 16.8. The molecule has 530 valence electrons. The van der Waals surface area contributed by atoms with Gasteiger partial charge in [-0.3, -0.25) is 0 Å². The number of nitrogens with zero attached hydrogens (tertiary/aromatic N) is 2. The first-order valence-corrected chi connectivity index (χ1v) is 36.8. The molecule has 2 aliphatic carbocycles. The van der Waals surface area contributed by atoms with Crippen LogP contribution in [0.2, 0.25) is 0 Å². The summed E-state index contributed by atoms with van der Waals surface area (Å²) in [5.41, 5.74) is 22.3.